The summed E-state index contributed by atoms with van der Waals surface area (Å²) in [6, 6.07) is 17.8. The van der Waals surface area contributed by atoms with Gasteiger partial charge in [0, 0.05) is 25.2 Å². The Kier molecular flexibility index (Phi) is 8.19. The highest BCUT2D eigenvalue weighted by atomic mass is 16.1. The van der Waals surface area contributed by atoms with Crippen molar-refractivity contribution in [3.63, 3.8) is 0 Å². The topological polar surface area (TPSA) is 65.5 Å². The van der Waals surface area contributed by atoms with E-state index >= 15 is 0 Å². The van der Waals surface area contributed by atoms with Gasteiger partial charge in [0.25, 0.3) is 5.91 Å². The molecule has 0 aromatic heterocycles. The van der Waals surface area contributed by atoms with Gasteiger partial charge in [0.2, 0.25) is 0 Å². The molecule has 0 saturated heterocycles. The van der Waals surface area contributed by atoms with E-state index in [1.54, 1.807) is 0 Å². The fraction of sp³-hybridized carbons (Fsp3) is 0.333. The molecule has 3 N–H and O–H groups in total. The molecule has 5 heteroatoms. The van der Waals surface area contributed by atoms with E-state index in [2.05, 4.69) is 33.1 Å². The SMILES string of the molecule is CCCNC(=O)c1cccc(CN=C(NCC)NCc2ccccc2)c1. The predicted molar refractivity (Wildman–Crippen MR) is 107 cm³/mol. The third-order valence-electron chi connectivity index (χ3n) is 3.79. The molecule has 2 aromatic rings. The van der Waals surface area contributed by atoms with Gasteiger partial charge in [0.15, 0.2) is 5.96 Å². The lowest BCUT2D eigenvalue weighted by Gasteiger charge is -2.11. The minimum absolute atomic E-state index is 0.0354. The van der Waals surface area contributed by atoms with Crippen molar-refractivity contribution in [2.75, 3.05) is 13.1 Å². The molecule has 2 rings (SSSR count). The zero-order valence-corrected chi connectivity index (χ0v) is 15.6. The van der Waals surface area contributed by atoms with Gasteiger partial charge in [-0.25, -0.2) is 4.99 Å². The van der Waals surface area contributed by atoms with Crippen LogP contribution in [0.3, 0.4) is 0 Å². The summed E-state index contributed by atoms with van der Waals surface area (Å²) in [5, 5.41) is 9.48. The zero-order valence-electron chi connectivity index (χ0n) is 15.6. The van der Waals surface area contributed by atoms with Gasteiger partial charge in [-0.15, -0.1) is 0 Å². The molecule has 0 aliphatic heterocycles. The molecule has 2 aromatic carbocycles. The van der Waals surface area contributed by atoms with Crippen LogP contribution in [0, 0.1) is 0 Å². The number of aliphatic imine (C=N–C) groups is 1. The van der Waals surface area contributed by atoms with Crippen molar-refractivity contribution < 1.29 is 4.79 Å². The summed E-state index contributed by atoms with van der Waals surface area (Å²) in [6.07, 6.45) is 0.925. The fourth-order valence-corrected chi connectivity index (χ4v) is 2.45. The molecule has 0 fully saturated rings. The summed E-state index contributed by atoms with van der Waals surface area (Å²) in [4.78, 5) is 16.7. The maximum Gasteiger partial charge on any atom is 0.251 e. The number of carbonyl (C=O) groups is 1. The van der Waals surface area contributed by atoms with Gasteiger partial charge in [-0.1, -0.05) is 49.4 Å². The minimum Gasteiger partial charge on any atom is -0.357 e. The second kappa shape index (κ2) is 10.9. The Balaban J connectivity index is 1.98. The van der Waals surface area contributed by atoms with Crippen LogP contribution in [0.5, 0.6) is 0 Å². The standard InChI is InChI=1S/C21H28N4O/c1-3-13-23-20(26)19-12-8-11-18(14-19)16-25-21(22-4-2)24-15-17-9-6-5-7-10-17/h5-12,14H,3-4,13,15-16H2,1-2H3,(H,23,26)(H2,22,24,25). The molecule has 0 heterocycles. The number of hydrogen-bond acceptors (Lipinski definition) is 2. The van der Waals surface area contributed by atoms with Crippen molar-refractivity contribution in [1.82, 2.24) is 16.0 Å². The largest absolute Gasteiger partial charge is 0.357 e. The smallest absolute Gasteiger partial charge is 0.251 e. The second-order valence-electron chi connectivity index (χ2n) is 5.99. The van der Waals surface area contributed by atoms with Gasteiger partial charge in [-0.3, -0.25) is 4.79 Å². The average Bonchev–Trinajstić information content (AvgIpc) is 2.69. The highest BCUT2D eigenvalue weighted by molar-refractivity contribution is 5.94. The Labute approximate surface area is 155 Å². The first kappa shape index (κ1) is 19.5. The van der Waals surface area contributed by atoms with Gasteiger partial charge in [0.05, 0.1) is 6.54 Å². The number of nitrogens with one attached hydrogen (secondary N) is 3. The second-order valence-corrected chi connectivity index (χ2v) is 5.99. The summed E-state index contributed by atoms with van der Waals surface area (Å²) >= 11 is 0. The van der Waals surface area contributed by atoms with E-state index in [0.29, 0.717) is 25.2 Å². The van der Waals surface area contributed by atoms with Gasteiger partial charge < -0.3 is 16.0 Å². The van der Waals surface area contributed by atoms with E-state index in [-0.39, 0.29) is 5.91 Å². The number of nitrogens with zero attached hydrogens (tertiary/aromatic N) is 1. The summed E-state index contributed by atoms with van der Waals surface area (Å²) < 4.78 is 0. The Morgan fingerprint density at radius 1 is 0.923 bits per heavy atom. The normalized spacial score (nSPS) is 11.1. The average molecular weight is 352 g/mol. The molecule has 0 atom stereocenters. The summed E-state index contributed by atoms with van der Waals surface area (Å²) in [5.41, 5.74) is 2.88. The number of guanidine groups is 1. The van der Waals surface area contributed by atoms with Crippen LogP contribution in [0.25, 0.3) is 0 Å². The van der Waals surface area contributed by atoms with Crippen LogP contribution < -0.4 is 16.0 Å². The highest BCUT2D eigenvalue weighted by Crippen LogP contribution is 2.07. The quantitative estimate of drug-likeness (QED) is 0.505. The third kappa shape index (κ3) is 6.59. The maximum absolute atomic E-state index is 12.1. The van der Waals surface area contributed by atoms with Crippen LogP contribution in [-0.4, -0.2) is 25.0 Å². The monoisotopic (exact) mass is 352 g/mol. The molecule has 0 radical (unpaired) electrons. The van der Waals surface area contributed by atoms with Gasteiger partial charge in [0.1, 0.15) is 0 Å². The van der Waals surface area contributed by atoms with E-state index in [9.17, 15) is 4.79 Å². The summed E-state index contributed by atoms with van der Waals surface area (Å²) in [7, 11) is 0. The molecule has 0 aliphatic carbocycles. The van der Waals surface area contributed by atoms with Crippen LogP contribution in [0.1, 0.15) is 41.8 Å². The van der Waals surface area contributed by atoms with Crippen molar-refractivity contribution in [3.05, 3.63) is 71.3 Å². The fourth-order valence-electron chi connectivity index (χ4n) is 2.45. The molecular formula is C21H28N4O. The van der Waals surface area contributed by atoms with E-state index in [1.165, 1.54) is 5.56 Å². The van der Waals surface area contributed by atoms with Gasteiger partial charge in [-0.2, -0.15) is 0 Å². The molecular weight excluding hydrogens is 324 g/mol. The van der Waals surface area contributed by atoms with E-state index in [1.807, 2.05) is 56.3 Å². The molecule has 0 spiro atoms. The molecule has 0 unspecified atom stereocenters. The van der Waals surface area contributed by atoms with Crippen LogP contribution in [-0.2, 0) is 13.1 Å². The Hall–Kier alpha value is -2.82. The molecule has 0 saturated carbocycles. The van der Waals surface area contributed by atoms with Crippen molar-refractivity contribution >= 4 is 11.9 Å². The summed E-state index contributed by atoms with van der Waals surface area (Å²) in [5.74, 6) is 0.726. The first-order chi connectivity index (χ1) is 12.7. The van der Waals surface area contributed by atoms with Gasteiger partial charge >= 0.3 is 0 Å². The highest BCUT2D eigenvalue weighted by Gasteiger charge is 2.05. The van der Waals surface area contributed by atoms with Crippen molar-refractivity contribution in [2.24, 2.45) is 4.99 Å². The lowest BCUT2D eigenvalue weighted by atomic mass is 10.1. The maximum atomic E-state index is 12.1. The number of hydrogen-bond donors (Lipinski definition) is 3. The zero-order chi connectivity index (χ0) is 18.6. The number of amides is 1. The van der Waals surface area contributed by atoms with Crippen LogP contribution in [0.4, 0.5) is 0 Å². The predicted octanol–water partition coefficient (Wildman–Crippen LogP) is 3.08. The first-order valence-corrected chi connectivity index (χ1v) is 9.16. The first-order valence-electron chi connectivity index (χ1n) is 9.16. The Bertz CT molecular complexity index is 713. The lowest BCUT2D eigenvalue weighted by molar-refractivity contribution is 0.0953. The lowest BCUT2D eigenvalue weighted by Crippen LogP contribution is -2.36. The van der Waals surface area contributed by atoms with Crippen molar-refractivity contribution in [3.8, 4) is 0 Å². The molecule has 138 valence electrons. The molecule has 1 amide bonds. The van der Waals surface area contributed by atoms with Crippen LogP contribution >= 0.6 is 0 Å². The number of rotatable bonds is 8. The van der Waals surface area contributed by atoms with Crippen molar-refractivity contribution in [1.29, 1.82) is 0 Å². The molecule has 26 heavy (non-hydrogen) atoms. The molecule has 0 aliphatic rings. The number of benzene rings is 2. The molecule has 0 bridgehead atoms. The van der Waals surface area contributed by atoms with E-state index in [0.717, 1.165) is 24.5 Å². The molecule has 5 nitrogen and oxygen atoms in total. The Morgan fingerprint density at radius 2 is 1.69 bits per heavy atom. The number of carbonyl (C=O) groups excluding carboxylic acids is 1. The van der Waals surface area contributed by atoms with Gasteiger partial charge in [-0.05, 0) is 36.6 Å². The third-order valence-corrected chi connectivity index (χ3v) is 3.79. The summed E-state index contributed by atoms with van der Waals surface area (Å²) in [6.45, 7) is 6.79. The van der Waals surface area contributed by atoms with Crippen molar-refractivity contribution in [2.45, 2.75) is 33.4 Å². The van der Waals surface area contributed by atoms with Crippen LogP contribution in [0.2, 0.25) is 0 Å². The van der Waals surface area contributed by atoms with E-state index < -0.39 is 0 Å². The van der Waals surface area contributed by atoms with Crippen LogP contribution in [0.15, 0.2) is 59.6 Å². The Morgan fingerprint density at radius 3 is 2.42 bits per heavy atom. The minimum atomic E-state index is -0.0354. The van der Waals surface area contributed by atoms with E-state index in [4.69, 9.17) is 0 Å².